The summed E-state index contributed by atoms with van der Waals surface area (Å²) in [6.07, 6.45) is 11.4. The first-order valence-electron chi connectivity index (χ1n) is 19.5. The molecule has 2 aromatic rings. The Kier molecular flexibility index (Phi) is 27.8. The number of rotatable bonds is 3. The zero-order chi connectivity index (χ0) is 53.5. The normalized spacial score (nSPS) is 12.8. The highest BCUT2D eigenvalue weighted by Gasteiger charge is 2.48. The van der Waals surface area contributed by atoms with Crippen LogP contribution in [0.5, 0.6) is 0 Å². The predicted molar refractivity (Wildman–Crippen MR) is 257 cm³/mol. The second kappa shape index (κ2) is 34.1. The minimum atomic E-state index is -4.66. The number of pyridine rings is 1. The fourth-order valence-electron chi connectivity index (χ4n) is 5.10. The Morgan fingerprint density at radius 3 is 1.39 bits per heavy atom. The lowest BCUT2D eigenvalue weighted by Gasteiger charge is -2.32. The predicted octanol–water partition coefficient (Wildman–Crippen LogP) is 3.94. The van der Waals surface area contributed by atoms with Gasteiger partial charge in [-0.3, -0.25) is 14.3 Å². The van der Waals surface area contributed by atoms with E-state index in [4.69, 9.17) is 19.3 Å². The Labute approximate surface area is 414 Å². The summed E-state index contributed by atoms with van der Waals surface area (Å²) < 4.78 is 93.8. The van der Waals surface area contributed by atoms with Crippen molar-refractivity contribution in [1.82, 2.24) is 24.2 Å². The molecule has 7 nitrogen and oxygen atoms in total. The highest BCUT2D eigenvalue weighted by molar-refractivity contribution is 5.81. The van der Waals surface area contributed by atoms with Gasteiger partial charge in [0.05, 0.1) is 19.0 Å². The van der Waals surface area contributed by atoms with Gasteiger partial charge < -0.3 is 4.90 Å². The summed E-state index contributed by atoms with van der Waals surface area (Å²) in [5.41, 5.74) is -1.85. The van der Waals surface area contributed by atoms with E-state index in [1.54, 1.807) is 6.92 Å². The van der Waals surface area contributed by atoms with Gasteiger partial charge in [0.2, 0.25) is 5.91 Å². The monoisotopic (exact) mass is 957 g/mol. The molecule has 0 unspecified atom stereocenters. The van der Waals surface area contributed by atoms with E-state index in [0.29, 0.717) is 6.07 Å². The molecule has 2 aliphatic rings. The van der Waals surface area contributed by atoms with Crippen LogP contribution in [0.3, 0.4) is 0 Å². The van der Waals surface area contributed by atoms with Crippen molar-refractivity contribution in [1.29, 1.82) is 0 Å². The van der Waals surface area contributed by atoms with Gasteiger partial charge in [-0.2, -0.15) is 31.4 Å². The largest absolute Gasteiger partial charge is 0.433 e. The van der Waals surface area contributed by atoms with Crippen molar-refractivity contribution >= 4 is 5.91 Å². The number of nitrogens with zero attached hydrogens (tertiary/aromatic N) is 5. The molecule has 0 bridgehead atoms. The number of halogens is 7. The molecule has 344 valence electrons. The van der Waals surface area contributed by atoms with E-state index < -0.39 is 60.6 Å². The Balaban J connectivity index is 0.000000628. The second-order valence-corrected chi connectivity index (χ2v) is 12.4. The molecule has 0 spiro atoms. The number of hydrogen-bond donors (Lipinski definition) is 0. The molecule has 14 heteroatoms. The first kappa shape index (κ1) is 58.7. The molecule has 0 radical (unpaired) electrons. The van der Waals surface area contributed by atoms with Crippen molar-refractivity contribution in [2.45, 2.75) is 57.3 Å². The maximum Gasteiger partial charge on any atom is 0.433 e. The molecule has 3 atom stereocenters. The number of hydrogen-bond acceptors (Lipinski definition) is 4. The van der Waals surface area contributed by atoms with Gasteiger partial charge in [-0.05, 0) is 150 Å². The third-order valence-electron chi connectivity index (χ3n) is 7.86. The maximum absolute atomic E-state index is 13.6. The number of carbonyl (C=O) groups excluding carboxylic acids is 1. The number of likely N-dealkylation sites (tertiary alicyclic amines) is 1. The van der Waals surface area contributed by atoms with Crippen LogP contribution in [0, 0.1) is 233 Å². The molecule has 4 heterocycles. The Morgan fingerprint density at radius 2 is 1.06 bits per heavy atom. The quantitative estimate of drug-likeness (QED) is 0.346. The number of terminal acetylenes is 4. The molecular formula is C58H26F7N5O2. The summed E-state index contributed by atoms with van der Waals surface area (Å²) >= 11 is 0. The van der Waals surface area contributed by atoms with Gasteiger partial charge in [0, 0.05) is 90.2 Å². The summed E-state index contributed by atoms with van der Waals surface area (Å²) in [7, 11) is 0. The zero-order valence-corrected chi connectivity index (χ0v) is 37.3. The minimum absolute atomic E-state index is 0.0304. The van der Waals surface area contributed by atoms with Gasteiger partial charge in [-0.25, -0.2) is 13.9 Å². The second-order valence-electron chi connectivity index (χ2n) is 12.4. The van der Waals surface area contributed by atoms with Crippen molar-refractivity contribution in [3.05, 3.63) is 45.9 Å². The van der Waals surface area contributed by atoms with Gasteiger partial charge in [-0.15, -0.1) is 32.1 Å². The molecule has 0 N–H and O–H groups in total. The first-order valence-corrected chi connectivity index (χ1v) is 19.5. The first-order chi connectivity index (χ1) is 34.7. The van der Waals surface area contributed by atoms with E-state index in [2.05, 4.69) is 218 Å². The molecule has 0 aromatic carbocycles. The number of fused-ring (bicyclic) bond motifs is 1. The molecule has 0 aliphatic carbocycles. The summed E-state index contributed by atoms with van der Waals surface area (Å²) in [4.78, 5) is 30.2. The van der Waals surface area contributed by atoms with Crippen LogP contribution in [0.25, 0.3) is 0 Å². The third-order valence-corrected chi connectivity index (χ3v) is 7.86. The van der Waals surface area contributed by atoms with Crippen LogP contribution in [0.15, 0.2) is 23.1 Å². The Morgan fingerprint density at radius 1 is 0.653 bits per heavy atom. The average molecular weight is 958 g/mol. The van der Waals surface area contributed by atoms with Gasteiger partial charge in [0.1, 0.15) is 23.7 Å². The molecular weight excluding hydrogens is 932 g/mol. The fraction of sp³-hybridized carbons (Fsp3) is 0.207. The third kappa shape index (κ3) is 23.8. The van der Waals surface area contributed by atoms with Crippen molar-refractivity contribution in [3.8, 4) is 227 Å². The van der Waals surface area contributed by atoms with Gasteiger partial charge in [0.25, 0.3) is 0 Å². The van der Waals surface area contributed by atoms with Crippen LogP contribution >= 0.6 is 0 Å². The van der Waals surface area contributed by atoms with E-state index in [9.17, 15) is 40.3 Å². The maximum atomic E-state index is 13.6. The highest BCUT2D eigenvalue weighted by Crippen LogP contribution is 2.39. The molecule has 72 heavy (non-hydrogen) atoms. The number of aromatic nitrogens is 4. The topological polar surface area (TPSA) is 73.0 Å². The Hall–Kier alpha value is -11.3. The lowest BCUT2D eigenvalue weighted by atomic mass is 9.91. The van der Waals surface area contributed by atoms with Crippen molar-refractivity contribution < 1.29 is 35.5 Å². The number of carbonyl (C=O) groups is 1. The molecule has 1 fully saturated rings. The van der Waals surface area contributed by atoms with E-state index in [0.717, 1.165) is 26.4 Å². The van der Waals surface area contributed by atoms with Crippen molar-refractivity contribution in [2.24, 2.45) is 5.92 Å². The van der Waals surface area contributed by atoms with E-state index in [1.165, 1.54) is 0 Å². The number of alkyl halides is 7. The molecule has 1 saturated heterocycles. The average Bonchev–Trinajstić information content (AvgIpc) is 3.94. The molecule has 4 rings (SSSR count). The minimum Gasteiger partial charge on any atom is -0.338 e. The zero-order valence-electron chi connectivity index (χ0n) is 37.3. The SMILES string of the molecule is C#C.C#CC#CC#C.C#CC#CC#CC#CC#CC#CC#CC#CC#CC#CC#CC#CC#CC#CC#CC.O=C([C@@H]1C[C@@H](C(F)(F)F)Cc2nn(Cc3ccc(C(F)(F)F)nc3)c(=O)n21)N1CC[C@H](F)C1. The summed E-state index contributed by atoms with van der Waals surface area (Å²) in [5.74, 6) is 77.5. The lowest BCUT2D eigenvalue weighted by molar-refractivity contribution is -0.183. The summed E-state index contributed by atoms with van der Waals surface area (Å²) in [6.45, 7) is 1.11. The molecule has 0 saturated carbocycles. The molecule has 2 aromatic heterocycles. The molecule has 1 amide bonds. The smallest absolute Gasteiger partial charge is 0.338 e. The highest BCUT2D eigenvalue weighted by atomic mass is 19.4. The van der Waals surface area contributed by atoms with Crippen LogP contribution in [0.1, 0.15) is 42.9 Å². The lowest BCUT2D eigenvalue weighted by Crippen LogP contribution is -2.45. The summed E-state index contributed by atoms with van der Waals surface area (Å²) in [6, 6.07) is 0.286. The van der Waals surface area contributed by atoms with Crippen LogP contribution in [-0.4, -0.2) is 55.6 Å². The van der Waals surface area contributed by atoms with Gasteiger partial charge in [0.15, 0.2) is 0 Å². The van der Waals surface area contributed by atoms with Gasteiger partial charge >= 0.3 is 18.0 Å². The van der Waals surface area contributed by atoms with Crippen molar-refractivity contribution in [3.63, 3.8) is 0 Å². The van der Waals surface area contributed by atoms with Gasteiger partial charge in [-0.1, -0.05) is 12.0 Å². The number of amides is 1. The molecule has 2 aliphatic heterocycles. The van der Waals surface area contributed by atoms with E-state index in [-0.39, 0.29) is 37.4 Å². The fourth-order valence-corrected chi connectivity index (χ4v) is 5.10. The standard InChI is InChI=1S/C31H4.C19H18F7N5O2.C6H2.C2H2/c1-3-5-7-9-11-13-15-17-19-21-23-25-27-29-31-30-28-26-24-22-20-18-16-14-12-10-8-6-4-2;20-12-3-4-29(9-12)16(32)13-5-11(18(21,22)23)6-15-28-30(17(33)31(13)15)8-10-1-2-14(27-7-10)19(24,25)26;1-3-5-6-4-2;1-2/h1H,2H3;1-2,7,11-13H,3-6,8-9H2;1-2H;1-2H/t;11-,12+,13+;;/m.1../s1. The van der Waals surface area contributed by atoms with Crippen LogP contribution in [0.2, 0.25) is 0 Å². The van der Waals surface area contributed by atoms with E-state index >= 15 is 0 Å². The van der Waals surface area contributed by atoms with Crippen molar-refractivity contribution in [2.75, 3.05) is 13.1 Å². The van der Waals surface area contributed by atoms with Crippen LogP contribution in [-0.2, 0) is 23.9 Å². The van der Waals surface area contributed by atoms with E-state index in [1.807, 2.05) is 0 Å². The summed E-state index contributed by atoms with van der Waals surface area (Å²) in [5, 5.41) is 3.93. The van der Waals surface area contributed by atoms with Crippen LogP contribution < -0.4 is 5.69 Å². The van der Waals surface area contributed by atoms with Crippen LogP contribution in [0.4, 0.5) is 30.7 Å². The Bertz CT molecular complexity index is 3570.